The summed E-state index contributed by atoms with van der Waals surface area (Å²) in [5, 5.41) is 11.9. The van der Waals surface area contributed by atoms with Crippen LogP contribution in [0.2, 0.25) is 0 Å². The fourth-order valence-electron chi connectivity index (χ4n) is 2.17. The molecule has 1 amide bonds. The number of carbonyl (C=O) groups excluding carboxylic acids is 1. The number of hydrogen-bond acceptors (Lipinski definition) is 4. The number of amides is 1. The summed E-state index contributed by atoms with van der Waals surface area (Å²) in [6.45, 7) is 3.22. The van der Waals surface area contributed by atoms with Crippen molar-refractivity contribution < 1.29 is 10.0 Å². The van der Waals surface area contributed by atoms with E-state index in [0.717, 1.165) is 8.66 Å². The number of thiophene rings is 1. The summed E-state index contributed by atoms with van der Waals surface area (Å²) in [6, 6.07) is 3.71. The number of rotatable bonds is 2. The molecule has 0 aromatic carbocycles. The Kier molecular flexibility index (Phi) is 4.15. The first-order valence-corrected chi connectivity index (χ1v) is 7.60. The predicted molar refractivity (Wildman–Crippen MR) is 78.7 cm³/mol. The van der Waals surface area contributed by atoms with E-state index in [4.69, 9.17) is 10.9 Å². The van der Waals surface area contributed by atoms with E-state index in [1.54, 1.807) is 0 Å². The Bertz CT molecular complexity index is 507. The molecule has 0 spiro atoms. The van der Waals surface area contributed by atoms with E-state index in [-0.39, 0.29) is 17.2 Å². The molecule has 1 saturated heterocycles. The van der Waals surface area contributed by atoms with Gasteiger partial charge in [-0.15, -0.1) is 11.3 Å². The second-order valence-corrected chi connectivity index (χ2v) is 7.40. The first-order valence-electron chi connectivity index (χ1n) is 5.99. The Morgan fingerprint density at radius 3 is 2.63 bits per heavy atom. The van der Waals surface area contributed by atoms with E-state index in [2.05, 4.69) is 21.1 Å². The number of nitrogens with two attached hydrogens (primary N) is 1. The minimum atomic E-state index is -0.318. The smallest absolute Gasteiger partial charge is 0.263 e. The average Bonchev–Trinajstić information content (AvgIpc) is 2.84. The number of oxime groups is 1. The van der Waals surface area contributed by atoms with Gasteiger partial charge in [-0.3, -0.25) is 4.79 Å². The van der Waals surface area contributed by atoms with Crippen LogP contribution >= 0.6 is 27.3 Å². The highest BCUT2D eigenvalue weighted by Gasteiger charge is 2.35. The van der Waals surface area contributed by atoms with E-state index in [0.29, 0.717) is 25.9 Å². The summed E-state index contributed by atoms with van der Waals surface area (Å²) in [4.78, 5) is 14.8. The second-order valence-electron chi connectivity index (χ2n) is 4.94. The molecule has 3 N–H and O–H groups in total. The lowest BCUT2D eigenvalue weighted by Gasteiger charge is -2.38. The number of nitrogens with zero attached hydrogens (tertiary/aromatic N) is 2. The summed E-state index contributed by atoms with van der Waals surface area (Å²) in [7, 11) is 0. The van der Waals surface area contributed by atoms with Crippen molar-refractivity contribution in [1.29, 1.82) is 0 Å². The predicted octanol–water partition coefficient (Wildman–Crippen LogP) is 2.50. The van der Waals surface area contributed by atoms with Gasteiger partial charge in [0.15, 0.2) is 0 Å². The van der Waals surface area contributed by atoms with Gasteiger partial charge in [-0.05, 0) is 40.9 Å². The number of amidine groups is 1. The minimum absolute atomic E-state index is 0.0530. The Morgan fingerprint density at radius 1 is 1.53 bits per heavy atom. The summed E-state index contributed by atoms with van der Waals surface area (Å²) < 4.78 is 0.953. The summed E-state index contributed by atoms with van der Waals surface area (Å²) in [5.41, 5.74) is 5.39. The molecule has 5 nitrogen and oxygen atoms in total. The molecule has 0 atom stereocenters. The highest BCUT2D eigenvalue weighted by molar-refractivity contribution is 9.11. The van der Waals surface area contributed by atoms with Crippen LogP contribution in [0, 0.1) is 5.41 Å². The zero-order chi connectivity index (χ0) is 14.0. The second kappa shape index (κ2) is 5.50. The number of hydrogen-bond donors (Lipinski definition) is 2. The van der Waals surface area contributed by atoms with Crippen molar-refractivity contribution in [2.24, 2.45) is 16.3 Å². The van der Waals surface area contributed by atoms with Gasteiger partial charge in [-0.2, -0.15) is 0 Å². The van der Waals surface area contributed by atoms with Crippen LogP contribution in [0.1, 0.15) is 29.4 Å². The maximum Gasteiger partial charge on any atom is 0.263 e. The molecule has 1 aliphatic heterocycles. The first kappa shape index (κ1) is 14.3. The highest BCUT2D eigenvalue weighted by atomic mass is 79.9. The quantitative estimate of drug-likeness (QED) is 0.374. The monoisotopic (exact) mass is 345 g/mol. The Hall–Kier alpha value is -1.08. The van der Waals surface area contributed by atoms with Gasteiger partial charge < -0.3 is 15.8 Å². The number of halogens is 1. The van der Waals surface area contributed by atoms with E-state index in [9.17, 15) is 4.79 Å². The van der Waals surface area contributed by atoms with Crippen molar-refractivity contribution in [1.82, 2.24) is 4.90 Å². The maximum atomic E-state index is 12.3. The van der Waals surface area contributed by atoms with Crippen molar-refractivity contribution >= 4 is 39.0 Å². The molecule has 1 fully saturated rings. The summed E-state index contributed by atoms with van der Waals surface area (Å²) in [6.07, 6.45) is 1.42. The van der Waals surface area contributed by atoms with Crippen LogP contribution in [0.15, 0.2) is 21.1 Å². The standard InChI is InChI=1S/C12H16BrN3O2S/c1-12(11(14)15-18)4-6-16(7-5-12)10(17)8-2-3-9(13)19-8/h2-3,18H,4-7H2,1H3,(H2,14,15). The van der Waals surface area contributed by atoms with Crippen LogP contribution in [0.25, 0.3) is 0 Å². The molecule has 0 radical (unpaired) electrons. The van der Waals surface area contributed by atoms with Gasteiger partial charge in [0.1, 0.15) is 5.84 Å². The van der Waals surface area contributed by atoms with Crippen molar-refractivity contribution in [2.75, 3.05) is 13.1 Å². The fourth-order valence-corrected chi connectivity index (χ4v) is 3.52. The Balaban J connectivity index is 2.02. The van der Waals surface area contributed by atoms with E-state index in [1.807, 2.05) is 24.0 Å². The zero-order valence-corrected chi connectivity index (χ0v) is 13.0. The fraction of sp³-hybridized carbons (Fsp3) is 0.500. The number of likely N-dealkylation sites (tertiary alicyclic amines) is 1. The molecule has 7 heteroatoms. The van der Waals surface area contributed by atoms with Crippen LogP contribution in [0.3, 0.4) is 0 Å². The van der Waals surface area contributed by atoms with Gasteiger partial charge in [0, 0.05) is 18.5 Å². The van der Waals surface area contributed by atoms with Crippen molar-refractivity contribution in [3.8, 4) is 0 Å². The molecular weight excluding hydrogens is 330 g/mol. The van der Waals surface area contributed by atoms with Gasteiger partial charge in [-0.25, -0.2) is 0 Å². The van der Waals surface area contributed by atoms with Crippen LogP contribution in [-0.4, -0.2) is 34.9 Å². The van der Waals surface area contributed by atoms with E-state index in [1.165, 1.54) is 11.3 Å². The molecule has 0 unspecified atom stereocenters. The van der Waals surface area contributed by atoms with E-state index >= 15 is 0 Å². The maximum absolute atomic E-state index is 12.3. The van der Waals surface area contributed by atoms with Crippen LogP contribution in [0.5, 0.6) is 0 Å². The number of carbonyl (C=O) groups is 1. The summed E-state index contributed by atoms with van der Waals surface area (Å²) >= 11 is 4.80. The van der Waals surface area contributed by atoms with Gasteiger partial charge in [0.05, 0.1) is 8.66 Å². The largest absolute Gasteiger partial charge is 0.409 e. The Labute approximate surface area is 124 Å². The van der Waals surface area contributed by atoms with Gasteiger partial charge in [0.25, 0.3) is 5.91 Å². The number of piperidine rings is 1. The molecule has 1 aromatic heterocycles. The third-order valence-corrected chi connectivity index (χ3v) is 5.28. The van der Waals surface area contributed by atoms with Gasteiger partial charge >= 0.3 is 0 Å². The molecule has 0 saturated carbocycles. The minimum Gasteiger partial charge on any atom is -0.409 e. The lowest BCUT2D eigenvalue weighted by atomic mass is 9.79. The lowest BCUT2D eigenvalue weighted by Crippen LogP contribution is -2.47. The molecule has 0 aliphatic carbocycles. The molecule has 0 bridgehead atoms. The highest BCUT2D eigenvalue weighted by Crippen LogP contribution is 2.32. The molecule has 1 aliphatic rings. The summed E-state index contributed by atoms with van der Waals surface area (Å²) in [5.74, 6) is 0.302. The first-order chi connectivity index (χ1) is 8.96. The molecule has 19 heavy (non-hydrogen) atoms. The van der Waals surface area contributed by atoms with Crippen molar-refractivity contribution in [3.63, 3.8) is 0 Å². The van der Waals surface area contributed by atoms with E-state index < -0.39 is 0 Å². The van der Waals surface area contributed by atoms with Gasteiger partial charge in [-0.1, -0.05) is 12.1 Å². The molecule has 1 aromatic rings. The lowest BCUT2D eigenvalue weighted by molar-refractivity contribution is 0.0671. The van der Waals surface area contributed by atoms with Crippen LogP contribution < -0.4 is 5.73 Å². The normalized spacial score (nSPS) is 19.5. The van der Waals surface area contributed by atoms with Gasteiger partial charge in [0.2, 0.25) is 0 Å². The molecule has 2 heterocycles. The molecule has 104 valence electrons. The van der Waals surface area contributed by atoms with Crippen molar-refractivity contribution in [2.45, 2.75) is 19.8 Å². The molecule has 2 rings (SSSR count). The van der Waals surface area contributed by atoms with Crippen molar-refractivity contribution in [3.05, 3.63) is 20.8 Å². The topological polar surface area (TPSA) is 78.9 Å². The molecular formula is C12H16BrN3O2S. The zero-order valence-electron chi connectivity index (χ0n) is 10.6. The average molecular weight is 346 g/mol. The third kappa shape index (κ3) is 2.92. The Morgan fingerprint density at radius 2 is 2.16 bits per heavy atom. The van der Waals surface area contributed by atoms with Crippen LogP contribution in [-0.2, 0) is 0 Å². The third-order valence-electron chi connectivity index (χ3n) is 3.66. The van der Waals surface area contributed by atoms with Crippen LogP contribution in [0.4, 0.5) is 0 Å². The SMILES string of the molecule is CC1(/C(N)=N/O)CCN(C(=O)c2ccc(Br)s2)CC1.